The van der Waals surface area contributed by atoms with Gasteiger partial charge in [0.05, 0.1) is 0 Å². The van der Waals surface area contributed by atoms with E-state index in [1.807, 2.05) is 0 Å². The van der Waals surface area contributed by atoms with Crippen LogP contribution in [0.3, 0.4) is 0 Å². The first kappa shape index (κ1) is 30.6. The summed E-state index contributed by atoms with van der Waals surface area (Å²) in [5.41, 5.74) is 7.34. The molecule has 0 aromatic heterocycles. The highest BCUT2D eigenvalue weighted by Crippen LogP contribution is 2.37. The third-order valence-corrected chi connectivity index (χ3v) is 7.46. The van der Waals surface area contributed by atoms with Crippen LogP contribution in [-0.2, 0) is 46.7 Å². The second-order valence-corrected chi connectivity index (χ2v) is 11.5. The Kier molecular flexibility index (Phi) is 12.7. The van der Waals surface area contributed by atoms with Crippen molar-refractivity contribution in [3.05, 3.63) is 69.8 Å². The van der Waals surface area contributed by atoms with Gasteiger partial charge in [0.1, 0.15) is 11.2 Å². The Bertz CT molecular complexity index is 834. The Morgan fingerprint density at radius 3 is 1.17 bits per heavy atom. The highest BCUT2D eigenvalue weighted by molar-refractivity contribution is 5.40. The van der Waals surface area contributed by atoms with Crippen molar-refractivity contribution in [2.24, 2.45) is 0 Å². The molecular weight excluding hydrogens is 440 g/mol. The second-order valence-electron chi connectivity index (χ2n) is 11.5. The van der Waals surface area contributed by atoms with Gasteiger partial charge in [0, 0.05) is 0 Å². The lowest BCUT2D eigenvalue weighted by atomic mass is 9.86. The third kappa shape index (κ3) is 8.45. The van der Waals surface area contributed by atoms with Crippen LogP contribution >= 0.6 is 0 Å². The van der Waals surface area contributed by atoms with Crippen LogP contribution in [0.4, 0.5) is 0 Å². The molecule has 2 aromatic carbocycles. The first-order valence-corrected chi connectivity index (χ1v) is 14.8. The van der Waals surface area contributed by atoms with E-state index in [0.29, 0.717) is 0 Å². The van der Waals surface area contributed by atoms with Gasteiger partial charge < -0.3 is 0 Å². The van der Waals surface area contributed by atoms with Crippen LogP contribution in [0.2, 0.25) is 0 Å². The summed E-state index contributed by atoms with van der Waals surface area (Å²) in [5.74, 6) is 0. The maximum atomic E-state index is 6.40. The molecule has 0 amide bonds. The smallest absolute Gasteiger partial charge is 0.123 e. The van der Waals surface area contributed by atoms with Crippen molar-refractivity contribution < 1.29 is 9.78 Å². The monoisotopic (exact) mass is 494 g/mol. The Morgan fingerprint density at radius 1 is 0.500 bits per heavy atom. The molecule has 0 N–H and O–H groups in total. The number of hydrogen-bond donors (Lipinski definition) is 0. The topological polar surface area (TPSA) is 18.5 Å². The molecule has 0 unspecified atom stereocenters. The lowest BCUT2D eigenvalue weighted by Gasteiger charge is -2.34. The predicted octanol–water partition coefficient (Wildman–Crippen LogP) is 10.2. The zero-order valence-corrected chi connectivity index (χ0v) is 24.8. The first-order chi connectivity index (χ1) is 17.2. The fourth-order valence-electron chi connectivity index (χ4n) is 5.20. The maximum Gasteiger partial charge on any atom is 0.123 e. The van der Waals surface area contributed by atoms with E-state index in [2.05, 4.69) is 91.8 Å². The molecule has 0 bridgehead atoms. The molecule has 0 spiro atoms. The van der Waals surface area contributed by atoms with E-state index < -0.39 is 11.2 Å². The van der Waals surface area contributed by atoms with E-state index in [1.165, 1.54) is 84.7 Å². The number of unbranched alkanes of at least 4 members (excludes halogenated alkanes) is 4. The first-order valence-electron chi connectivity index (χ1n) is 14.8. The van der Waals surface area contributed by atoms with Gasteiger partial charge >= 0.3 is 0 Å². The Hall–Kier alpha value is -1.64. The van der Waals surface area contributed by atoms with Gasteiger partial charge in [0.25, 0.3) is 0 Å². The number of aryl methyl sites for hydroxylation is 2. The zero-order chi connectivity index (χ0) is 26.6. The Labute approximate surface area is 223 Å². The minimum absolute atomic E-state index is 0.536. The van der Waals surface area contributed by atoms with Crippen molar-refractivity contribution in [3.8, 4) is 0 Å². The summed E-state index contributed by atoms with van der Waals surface area (Å²) in [6.07, 6.45) is 14.1. The highest BCUT2D eigenvalue weighted by Gasteiger charge is 2.33. The van der Waals surface area contributed by atoms with Crippen molar-refractivity contribution >= 4 is 0 Å². The van der Waals surface area contributed by atoms with Gasteiger partial charge in [-0.2, -0.15) is 0 Å². The Morgan fingerprint density at radius 2 is 0.833 bits per heavy atom. The standard InChI is InChI=1S/C34H54O2/c1-9-13-19-27-21-17-25-31(29(27)23-15-11-3)33(5,6)35-36-34(7,8)32-26-18-22-28(20-14-10-2)30(32)24-16-12-4/h17-18,21-22,25-26H,9-16,19-20,23-24H2,1-8H3. The molecular formula is C34H54O2. The van der Waals surface area contributed by atoms with Crippen molar-refractivity contribution in [2.45, 2.75) is 144 Å². The molecule has 2 rings (SSSR count). The van der Waals surface area contributed by atoms with Crippen LogP contribution in [0.25, 0.3) is 0 Å². The SMILES string of the molecule is CCCCc1cccc(C(C)(C)OOC(C)(C)c2cccc(CCCC)c2CCCC)c1CCCC. The van der Waals surface area contributed by atoms with Crippen LogP contribution in [0.15, 0.2) is 36.4 Å². The average molecular weight is 495 g/mol. The van der Waals surface area contributed by atoms with E-state index in [9.17, 15) is 0 Å². The molecule has 0 aliphatic heterocycles. The highest BCUT2D eigenvalue weighted by atomic mass is 17.2. The fraction of sp³-hybridized carbons (Fsp3) is 0.647. The van der Waals surface area contributed by atoms with Crippen LogP contribution < -0.4 is 0 Å². The molecule has 2 aromatic rings. The van der Waals surface area contributed by atoms with Gasteiger partial charge in [-0.25, -0.2) is 9.78 Å². The molecule has 202 valence electrons. The van der Waals surface area contributed by atoms with Crippen LogP contribution in [0.1, 0.15) is 140 Å². The third-order valence-electron chi connectivity index (χ3n) is 7.46. The van der Waals surface area contributed by atoms with E-state index >= 15 is 0 Å². The van der Waals surface area contributed by atoms with Crippen molar-refractivity contribution in [3.63, 3.8) is 0 Å². The van der Waals surface area contributed by atoms with E-state index in [1.54, 1.807) is 0 Å². The van der Waals surface area contributed by atoms with Gasteiger partial charge in [-0.1, -0.05) is 89.8 Å². The number of hydrogen-bond acceptors (Lipinski definition) is 2. The molecule has 0 radical (unpaired) electrons. The largest absolute Gasteiger partial charge is 0.225 e. The number of benzene rings is 2. The molecule has 2 nitrogen and oxygen atoms in total. The minimum Gasteiger partial charge on any atom is -0.225 e. The maximum absolute atomic E-state index is 6.40. The van der Waals surface area contributed by atoms with Crippen molar-refractivity contribution in [2.75, 3.05) is 0 Å². The second kappa shape index (κ2) is 14.9. The molecule has 0 heterocycles. The summed E-state index contributed by atoms with van der Waals surface area (Å²) >= 11 is 0. The van der Waals surface area contributed by atoms with Crippen LogP contribution in [-0.4, -0.2) is 0 Å². The minimum atomic E-state index is -0.536. The summed E-state index contributed by atoms with van der Waals surface area (Å²) < 4.78 is 0. The molecule has 0 saturated carbocycles. The molecule has 0 atom stereocenters. The summed E-state index contributed by atoms with van der Waals surface area (Å²) in [5, 5.41) is 0. The summed E-state index contributed by atoms with van der Waals surface area (Å²) in [6, 6.07) is 13.5. The molecule has 2 heteroatoms. The van der Waals surface area contributed by atoms with Gasteiger partial charge in [0.15, 0.2) is 0 Å². The van der Waals surface area contributed by atoms with Gasteiger partial charge in [0.2, 0.25) is 0 Å². The summed E-state index contributed by atoms with van der Waals surface area (Å²) in [6.45, 7) is 17.7. The fourth-order valence-corrected chi connectivity index (χ4v) is 5.20. The molecule has 36 heavy (non-hydrogen) atoms. The lowest BCUT2D eigenvalue weighted by Crippen LogP contribution is -2.31. The molecule has 0 aliphatic carbocycles. The Balaban J connectivity index is 2.35. The normalized spacial score (nSPS) is 12.3. The molecule has 0 aliphatic rings. The van der Waals surface area contributed by atoms with E-state index in [0.717, 1.165) is 25.7 Å². The van der Waals surface area contributed by atoms with Gasteiger partial charge in [-0.05, 0) is 112 Å². The summed E-state index contributed by atoms with van der Waals surface area (Å²) in [4.78, 5) is 12.8. The van der Waals surface area contributed by atoms with Crippen LogP contribution in [0.5, 0.6) is 0 Å². The zero-order valence-electron chi connectivity index (χ0n) is 24.8. The molecule has 0 fully saturated rings. The molecule has 0 saturated heterocycles. The quantitative estimate of drug-likeness (QED) is 0.161. The summed E-state index contributed by atoms with van der Waals surface area (Å²) in [7, 11) is 0. The van der Waals surface area contributed by atoms with Crippen molar-refractivity contribution in [1.82, 2.24) is 0 Å². The van der Waals surface area contributed by atoms with Gasteiger partial charge in [-0.15, -0.1) is 0 Å². The van der Waals surface area contributed by atoms with E-state index in [4.69, 9.17) is 9.78 Å². The number of rotatable bonds is 17. The van der Waals surface area contributed by atoms with Crippen molar-refractivity contribution in [1.29, 1.82) is 0 Å². The van der Waals surface area contributed by atoms with Crippen LogP contribution in [0, 0.1) is 0 Å². The van der Waals surface area contributed by atoms with Gasteiger partial charge in [-0.3, -0.25) is 0 Å². The predicted molar refractivity (Wildman–Crippen MR) is 156 cm³/mol. The van der Waals surface area contributed by atoms with E-state index in [-0.39, 0.29) is 0 Å². The average Bonchev–Trinajstić information content (AvgIpc) is 2.87. The lowest BCUT2D eigenvalue weighted by molar-refractivity contribution is -0.410.